The third kappa shape index (κ3) is 4.82. The highest BCUT2D eigenvalue weighted by Gasteiger charge is 2.24. The van der Waals surface area contributed by atoms with Crippen molar-refractivity contribution in [3.8, 4) is 11.5 Å². The highest BCUT2D eigenvalue weighted by molar-refractivity contribution is 5.96. The van der Waals surface area contributed by atoms with Crippen molar-refractivity contribution in [3.63, 3.8) is 0 Å². The minimum atomic E-state index is -0.979. The smallest absolute Gasteiger partial charge is 0.373 e. The Morgan fingerprint density at radius 1 is 0.893 bits per heavy atom. The van der Waals surface area contributed by atoms with E-state index in [0.717, 1.165) is 24.3 Å². The Morgan fingerprint density at radius 2 is 1.32 bits per heavy atom. The molecule has 0 fully saturated rings. The zero-order valence-corrected chi connectivity index (χ0v) is 16.2. The van der Waals surface area contributed by atoms with Crippen LogP contribution in [-0.4, -0.2) is 50.3 Å². The Bertz CT molecular complexity index is 795. The normalized spacial score (nSPS) is 11.1. The van der Waals surface area contributed by atoms with Crippen molar-refractivity contribution in [2.24, 2.45) is 0 Å². The molecule has 1 amide bonds. The SMILES string of the molecule is COC(=O)C(O)=CC(=O)N(C)C(c1ccc(OC)cc1)c1ccc(OC)cc1. The van der Waals surface area contributed by atoms with E-state index < -0.39 is 23.7 Å². The molecule has 0 spiro atoms. The van der Waals surface area contributed by atoms with E-state index >= 15 is 0 Å². The van der Waals surface area contributed by atoms with Crippen molar-refractivity contribution in [2.75, 3.05) is 28.4 Å². The van der Waals surface area contributed by atoms with Gasteiger partial charge < -0.3 is 24.2 Å². The quantitative estimate of drug-likeness (QED) is 0.448. The number of carbonyl (C=O) groups excluding carboxylic acids is 2. The second kappa shape index (κ2) is 9.45. The van der Waals surface area contributed by atoms with Crippen molar-refractivity contribution in [1.29, 1.82) is 0 Å². The van der Waals surface area contributed by atoms with Crippen LogP contribution in [0.3, 0.4) is 0 Å². The van der Waals surface area contributed by atoms with E-state index in [1.165, 1.54) is 4.90 Å². The molecule has 0 atom stereocenters. The van der Waals surface area contributed by atoms with Crippen LogP contribution in [0.25, 0.3) is 0 Å². The number of amides is 1. The third-order valence-electron chi connectivity index (χ3n) is 4.25. The molecule has 2 aromatic carbocycles. The monoisotopic (exact) mass is 385 g/mol. The molecular weight excluding hydrogens is 362 g/mol. The first-order valence-electron chi connectivity index (χ1n) is 8.45. The molecule has 28 heavy (non-hydrogen) atoms. The number of esters is 1. The van der Waals surface area contributed by atoms with Crippen LogP contribution >= 0.6 is 0 Å². The molecule has 0 saturated heterocycles. The van der Waals surface area contributed by atoms with Gasteiger partial charge in [0.1, 0.15) is 11.5 Å². The predicted molar refractivity (Wildman–Crippen MR) is 103 cm³/mol. The highest BCUT2D eigenvalue weighted by Crippen LogP contribution is 2.30. The van der Waals surface area contributed by atoms with Crippen LogP contribution < -0.4 is 9.47 Å². The van der Waals surface area contributed by atoms with E-state index in [1.54, 1.807) is 45.5 Å². The van der Waals surface area contributed by atoms with Crippen LogP contribution in [0, 0.1) is 0 Å². The van der Waals surface area contributed by atoms with Gasteiger partial charge in [-0.3, -0.25) is 4.79 Å². The molecule has 7 nitrogen and oxygen atoms in total. The first-order valence-corrected chi connectivity index (χ1v) is 8.45. The maximum Gasteiger partial charge on any atom is 0.373 e. The summed E-state index contributed by atoms with van der Waals surface area (Å²) in [7, 11) is 5.86. The van der Waals surface area contributed by atoms with Crippen molar-refractivity contribution in [2.45, 2.75) is 6.04 Å². The standard InChI is InChI=1S/C21H23NO6/c1-22(19(24)13-18(23)21(25)28-4)20(14-5-9-16(26-2)10-6-14)15-7-11-17(27-3)12-8-15/h5-13,20,23H,1-4H3. The summed E-state index contributed by atoms with van der Waals surface area (Å²) in [5, 5.41) is 9.70. The second-order valence-electron chi connectivity index (χ2n) is 5.92. The van der Waals surface area contributed by atoms with E-state index in [-0.39, 0.29) is 0 Å². The lowest BCUT2D eigenvalue weighted by Crippen LogP contribution is -2.31. The van der Waals surface area contributed by atoms with Gasteiger partial charge in [-0.25, -0.2) is 4.79 Å². The molecule has 0 aliphatic rings. The Balaban J connectivity index is 2.43. The Morgan fingerprint density at radius 3 is 1.68 bits per heavy atom. The zero-order valence-electron chi connectivity index (χ0n) is 16.2. The third-order valence-corrected chi connectivity index (χ3v) is 4.25. The molecule has 0 bridgehead atoms. The fourth-order valence-corrected chi connectivity index (χ4v) is 2.72. The van der Waals surface area contributed by atoms with Crippen LogP contribution in [0.4, 0.5) is 0 Å². The molecule has 2 aromatic rings. The molecule has 0 radical (unpaired) electrons. The van der Waals surface area contributed by atoms with E-state index in [9.17, 15) is 14.7 Å². The summed E-state index contributed by atoms with van der Waals surface area (Å²) in [6.07, 6.45) is 0.839. The first kappa shape index (κ1) is 20.8. The molecule has 2 rings (SSSR count). The molecule has 1 N–H and O–H groups in total. The molecular formula is C21H23NO6. The molecule has 148 valence electrons. The van der Waals surface area contributed by atoms with Crippen LogP contribution in [0.5, 0.6) is 11.5 Å². The van der Waals surface area contributed by atoms with Gasteiger partial charge in [0.2, 0.25) is 5.76 Å². The van der Waals surface area contributed by atoms with Crippen LogP contribution in [0.15, 0.2) is 60.4 Å². The van der Waals surface area contributed by atoms with Gasteiger partial charge in [0.15, 0.2) is 0 Å². The largest absolute Gasteiger partial charge is 0.502 e. The van der Waals surface area contributed by atoms with Gasteiger partial charge in [-0.2, -0.15) is 0 Å². The number of hydrogen-bond acceptors (Lipinski definition) is 6. The van der Waals surface area contributed by atoms with Crippen LogP contribution in [0.2, 0.25) is 0 Å². The van der Waals surface area contributed by atoms with Crippen molar-refractivity contribution >= 4 is 11.9 Å². The van der Waals surface area contributed by atoms with Gasteiger partial charge in [-0.15, -0.1) is 0 Å². The molecule has 0 heterocycles. The minimum Gasteiger partial charge on any atom is -0.502 e. The summed E-state index contributed by atoms with van der Waals surface area (Å²) < 4.78 is 14.8. The fourth-order valence-electron chi connectivity index (χ4n) is 2.72. The summed E-state index contributed by atoms with van der Waals surface area (Å²) >= 11 is 0. The van der Waals surface area contributed by atoms with Gasteiger partial charge >= 0.3 is 5.97 Å². The maximum atomic E-state index is 12.6. The summed E-state index contributed by atoms with van der Waals surface area (Å²) in [6.45, 7) is 0. The minimum absolute atomic E-state index is 0.467. The molecule has 0 aliphatic heterocycles. The van der Waals surface area contributed by atoms with Crippen molar-refractivity contribution < 1.29 is 28.9 Å². The summed E-state index contributed by atoms with van der Waals surface area (Å²) in [5.74, 6) is -0.918. The number of aliphatic hydroxyl groups is 1. The first-order chi connectivity index (χ1) is 13.4. The zero-order chi connectivity index (χ0) is 20.7. The summed E-state index contributed by atoms with van der Waals surface area (Å²) in [4.78, 5) is 25.4. The second-order valence-corrected chi connectivity index (χ2v) is 5.92. The van der Waals surface area contributed by atoms with Crippen molar-refractivity contribution in [1.82, 2.24) is 4.90 Å². The number of aliphatic hydroxyl groups excluding tert-OH is 1. The molecule has 7 heteroatoms. The number of benzene rings is 2. The molecule has 0 aliphatic carbocycles. The van der Waals surface area contributed by atoms with E-state index in [2.05, 4.69) is 4.74 Å². The molecule has 0 aromatic heterocycles. The van der Waals surface area contributed by atoms with E-state index in [1.807, 2.05) is 24.3 Å². The number of carbonyl (C=O) groups is 2. The lowest BCUT2D eigenvalue weighted by atomic mass is 9.97. The van der Waals surface area contributed by atoms with E-state index in [0.29, 0.717) is 11.5 Å². The summed E-state index contributed by atoms with van der Waals surface area (Å²) in [6, 6.07) is 14.1. The van der Waals surface area contributed by atoms with Gasteiger partial charge in [-0.05, 0) is 35.4 Å². The maximum absolute atomic E-state index is 12.6. The number of rotatable bonds is 7. The average molecular weight is 385 g/mol. The Kier molecular flexibility index (Phi) is 7.03. The Hall–Kier alpha value is -3.48. The molecule has 0 unspecified atom stereocenters. The number of likely N-dealkylation sites (N-methyl/N-ethyl adjacent to an activating group) is 1. The van der Waals surface area contributed by atoms with Crippen LogP contribution in [-0.2, 0) is 14.3 Å². The fraction of sp³-hybridized carbons (Fsp3) is 0.238. The number of nitrogens with zero attached hydrogens (tertiary/aromatic N) is 1. The average Bonchev–Trinajstić information content (AvgIpc) is 2.74. The topological polar surface area (TPSA) is 85.3 Å². The lowest BCUT2D eigenvalue weighted by molar-refractivity contribution is -0.139. The van der Waals surface area contributed by atoms with Gasteiger partial charge in [0.25, 0.3) is 5.91 Å². The van der Waals surface area contributed by atoms with Crippen LogP contribution in [0.1, 0.15) is 17.2 Å². The van der Waals surface area contributed by atoms with Gasteiger partial charge in [0.05, 0.1) is 33.4 Å². The van der Waals surface area contributed by atoms with Gasteiger partial charge in [0, 0.05) is 7.05 Å². The number of methoxy groups -OCH3 is 3. The number of ether oxygens (including phenoxy) is 3. The summed E-state index contributed by atoms with van der Waals surface area (Å²) in [5.41, 5.74) is 1.65. The molecule has 0 saturated carbocycles. The van der Waals surface area contributed by atoms with Gasteiger partial charge in [-0.1, -0.05) is 24.3 Å². The van der Waals surface area contributed by atoms with E-state index in [4.69, 9.17) is 9.47 Å². The number of hydrogen-bond donors (Lipinski definition) is 1. The Labute approximate surface area is 163 Å². The van der Waals surface area contributed by atoms with Crippen molar-refractivity contribution in [3.05, 3.63) is 71.5 Å². The highest BCUT2D eigenvalue weighted by atomic mass is 16.5. The lowest BCUT2D eigenvalue weighted by Gasteiger charge is -2.28. The predicted octanol–water partition coefficient (Wildman–Crippen LogP) is 2.87.